The van der Waals surface area contributed by atoms with Crippen molar-refractivity contribution in [3.63, 3.8) is 0 Å². The van der Waals surface area contributed by atoms with Crippen molar-refractivity contribution in [3.05, 3.63) is 17.5 Å². The molecule has 0 saturated carbocycles. The third kappa shape index (κ3) is 4.90. The van der Waals surface area contributed by atoms with E-state index in [9.17, 15) is 0 Å². The van der Waals surface area contributed by atoms with Gasteiger partial charge in [0.15, 0.2) is 0 Å². The molecule has 0 radical (unpaired) electrons. The Morgan fingerprint density at radius 3 is 2.53 bits per heavy atom. The van der Waals surface area contributed by atoms with Crippen molar-refractivity contribution in [2.24, 2.45) is 13.0 Å². The second-order valence-electron chi connectivity index (χ2n) is 5.41. The summed E-state index contributed by atoms with van der Waals surface area (Å²) in [5.41, 5.74) is 2.45. The second kappa shape index (κ2) is 6.80. The first-order chi connectivity index (χ1) is 8.00. The van der Waals surface area contributed by atoms with Crippen LogP contribution in [0.15, 0.2) is 6.20 Å². The van der Waals surface area contributed by atoms with Gasteiger partial charge in [0.25, 0.3) is 0 Å². The number of nitrogens with one attached hydrogen (secondary N) is 1. The standard InChI is InChI=1S/C14H27N3/c1-11(2)8-6-7-9-15-12(3)14-10-17(5)16-13(14)4/h10-12,15H,6-9H2,1-5H3. The lowest BCUT2D eigenvalue weighted by Gasteiger charge is -2.13. The highest BCUT2D eigenvalue weighted by Crippen LogP contribution is 2.15. The van der Waals surface area contributed by atoms with Crippen LogP contribution in [0.5, 0.6) is 0 Å². The van der Waals surface area contributed by atoms with Gasteiger partial charge in [-0.15, -0.1) is 0 Å². The van der Waals surface area contributed by atoms with E-state index in [1.54, 1.807) is 0 Å². The zero-order valence-electron chi connectivity index (χ0n) is 12.0. The molecule has 1 rings (SSSR count). The largest absolute Gasteiger partial charge is 0.310 e. The van der Waals surface area contributed by atoms with Crippen LogP contribution in [-0.2, 0) is 7.05 Å². The number of hydrogen-bond acceptors (Lipinski definition) is 2. The van der Waals surface area contributed by atoms with Gasteiger partial charge in [-0.3, -0.25) is 4.68 Å². The van der Waals surface area contributed by atoms with Crippen LogP contribution in [0.2, 0.25) is 0 Å². The van der Waals surface area contributed by atoms with Crippen molar-refractivity contribution in [1.29, 1.82) is 0 Å². The molecule has 0 aliphatic carbocycles. The first-order valence-corrected chi connectivity index (χ1v) is 6.74. The number of rotatable bonds is 7. The SMILES string of the molecule is Cc1nn(C)cc1C(C)NCCCCC(C)C. The molecule has 0 fully saturated rings. The van der Waals surface area contributed by atoms with E-state index in [1.807, 2.05) is 11.7 Å². The molecular weight excluding hydrogens is 210 g/mol. The Hall–Kier alpha value is -0.830. The Morgan fingerprint density at radius 1 is 1.29 bits per heavy atom. The maximum atomic E-state index is 4.38. The molecule has 0 bridgehead atoms. The van der Waals surface area contributed by atoms with E-state index in [4.69, 9.17) is 0 Å². The Labute approximate surface area is 106 Å². The smallest absolute Gasteiger partial charge is 0.0641 e. The van der Waals surface area contributed by atoms with Crippen LogP contribution >= 0.6 is 0 Å². The van der Waals surface area contributed by atoms with Crippen molar-refractivity contribution in [2.45, 2.75) is 53.0 Å². The van der Waals surface area contributed by atoms with E-state index in [-0.39, 0.29) is 0 Å². The van der Waals surface area contributed by atoms with Crippen molar-refractivity contribution in [1.82, 2.24) is 15.1 Å². The van der Waals surface area contributed by atoms with E-state index in [2.05, 4.69) is 44.3 Å². The summed E-state index contributed by atoms with van der Waals surface area (Å²) in [6, 6.07) is 0.405. The fourth-order valence-electron chi connectivity index (χ4n) is 2.15. The molecule has 1 atom stereocenters. The number of aryl methyl sites for hydroxylation is 2. The molecular formula is C14H27N3. The lowest BCUT2D eigenvalue weighted by Crippen LogP contribution is -2.20. The lowest BCUT2D eigenvalue weighted by atomic mass is 10.1. The second-order valence-corrected chi connectivity index (χ2v) is 5.41. The Bertz CT molecular complexity index is 328. The average Bonchev–Trinajstić information content (AvgIpc) is 2.56. The van der Waals surface area contributed by atoms with Crippen molar-refractivity contribution in [3.8, 4) is 0 Å². The fraction of sp³-hybridized carbons (Fsp3) is 0.786. The number of aromatic nitrogens is 2. The monoisotopic (exact) mass is 237 g/mol. The predicted molar refractivity (Wildman–Crippen MR) is 73.1 cm³/mol. The Balaban J connectivity index is 2.25. The van der Waals surface area contributed by atoms with Gasteiger partial charge in [0.05, 0.1) is 5.69 Å². The molecule has 1 N–H and O–H groups in total. The van der Waals surface area contributed by atoms with E-state index >= 15 is 0 Å². The van der Waals surface area contributed by atoms with Gasteiger partial charge in [-0.05, 0) is 32.7 Å². The summed E-state index contributed by atoms with van der Waals surface area (Å²) in [6.07, 6.45) is 6.04. The molecule has 0 amide bonds. The van der Waals surface area contributed by atoms with Crippen molar-refractivity contribution >= 4 is 0 Å². The molecule has 1 aromatic heterocycles. The minimum absolute atomic E-state index is 0.405. The van der Waals surface area contributed by atoms with Crippen LogP contribution in [0.25, 0.3) is 0 Å². The van der Waals surface area contributed by atoms with Crippen molar-refractivity contribution in [2.75, 3.05) is 6.54 Å². The third-order valence-electron chi connectivity index (χ3n) is 3.18. The van der Waals surface area contributed by atoms with Gasteiger partial charge in [-0.2, -0.15) is 5.10 Å². The van der Waals surface area contributed by atoms with Crippen LogP contribution in [0.3, 0.4) is 0 Å². The maximum Gasteiger partial charge on any atom is 0.0641 e. The zero-order chi connectivity index (χ0) is 12.8. The molecule has 0 saturated heterocycles. The lowest BCUT2D eigenvalue weighted by molar-refractivity contribution is 0.497. The van der Waals surface area contributed by atoms with Gasteiger partial charge in [-0.1, -0.05) is 26.7 Å². The van der Waals surface area contributed by atoms with Gasteiger partial charge in [0.1, 0.15) is 0 Å². The minimum Gasteiger partial charge on any atom is -0.310 e. The minimum atomic E-state index is 0.405. The van der Waals surface area contributed by atoms with E-state index < -0.39 is 0 Å². The molecule has 0 aliphatic rings. The molecule has 1 aromatic rings. The summed E-state index contributed by atoms with van der Waals surface area (Å²) in [7, 11) is 1.98. The molecule has 3 nitrogen and oxygen atoms in total. The summed E-state index contributed by atoms with van der Waals surface area (Å²) < 4.78 is 1.89. The topological polar surface area (TPSA) is 29.9 Å². The Kier molecular flexibility index (Phi) is 5.69. The van der Waals surface area contributed by atoms with Gasteiger partial charge < -0.3 is 5.32 Å². The third-order valence-corrected chi connectivity index (χ3v) is 3.18. The van der Waals surface area contributed by atoms with Crippen LogP contribution in [0.4, 0.5) is 0 Å². The fourth-order valence-corrected chi connectivity index (χ4v) is 2.15. The number of hydrogen-bond donors (Lipinski definition) is 1. The predicted octanol–water partition coefficient (Wildman–Crippen LogP) is 3.21. The number of unbranched alkanes of at least 4 members (excludes halogenated alkanes) is 1. The van der Waals surface area contributed by atoms with Gasteiger partial charge in [0.2, 0.25) is 0 Å². The quantitative estimate of drug-likeness (QED) is 0.738. The summed E-state index contributed by atoms with van der Waals surface area (Å²) in [5, 5.41) is 7.95. The highest BCUT2D eigenvalue weighted by Gasteiger charge is 2.10. The zero-order valence-corrected chi connectivity index (χ0v) is 12.0. The highest BCUT2D eigenvalue weighted by molar-refractivity contribution is 5.19. The van der Waals surface area contributed by atoms with Gasteiger partial charge in [0, 0.05) is 24.8 Å². The Morgan fingerprint density at radius 2 is 2.00 bits per heavy atom. The molecule has 3 heteroatoms. The molecule has 1 heterocycles. The van der Waals surface area contributed by atoms with E-state index in [0.29, 0.717) is 6.04 Å². The molecule has 0 aromatic carbocycles. The molecule has 0 aliphatic heterocycles. The molecule has 1 unspecified atom stereocenters. The van der Waals surface area contributed by atoms with Crippen LogP contribution in [-0.4, -0.2) is 16.3 Å². The summed E-state index contributed by atoms with van der Waals surface area (Å²) >= 11 is 0. The normalized spacial score (nSPS) is 13.3. The summed E-state index contributed by atoms with van der Waals surface area (Å²) in [4.78, 5) is 0. The first kappa shape index (κ1) is 14.2. The molecule has 0 spiro atoms. The summed E-state index contributed by atoms with van der Waals surface area (Å²) in [6.45, 7) is 9.96. The van der Waals surface area contributed by atoms with Crippen LogP contribution in [0, 0.1) is 12.8 Å². The van der Waals surface area contributed by atoms with Gasteiger partial charge in [-0.25, -0.2) is 0 Å². The molecule has 98 valence electrons. The van der Waals surface area contributed by atoms with Crippen LogP contribution < -0.4 is 5.32 Å². The number of nitrogens with zero attached hydrogens (tertiary/aromatic N) is 2. The highest BCUT2D eigenvalue weighted by atomic mass is 15.3. The van der Waals surface area contributed by atoms with Crippen molar-refractivity contribution < 1.29 is 0 Å². The van der Waals surface area contributed by atoms with Gasteiger partial charge >= 0.3 is 0 Å². The van der Waals surface area contributed by atoms with E-state index in [1.165, 1.54) is 24.8 Å². The van der Waals surface area contributed by atoms with E-state index in [0.717, 1.165) is 18.2 Å². The maximum absolute atomic E-state index is 4.38. The summed E-state index contributed by atoms with van der Waals surface area (Å²) in [5.74, 6) is 0.827. The average molecular weight is 237 g/mol. The first-order valence-electron chi connectivity index (χ1n) is 6.74. The van der Waals surface area contributed by atoms with Crippen LogP contribution in [0.1, 0.15) is 57.3 Å². The molecule has 17 heavy (non-hydrogen) atoms.